The van der Waals surface area contributed by atoms with Crippen molar-refractivity contribution in [1.82, 2.24) is 10.3 Å². The first-order chi connectivity index (χ1) is 10.2. The molecule has 0 saturated carbocycles. The maximum atomic E-state index is 12.0. The van der Waals surface area contributed by atoms with Crippen LogP contribution in [0.1, 0.15) is 34.6 Å². The monoisotopic (exact) mass is 304 g/mol. The molecule has 2 heterocycles. The predicted octanol–water partition coefficient (Wildman–Crippen LogP) is 2.80. The number of carbonyl (C=O) groups is 1. The molecule has 0 aliphatic carbocycles. The van der Waals surface area contributed by atoms with Crippen molar-refractivity contribution in [3.63, 3.8) is 0 Å². The summed E-state index contributed by atoms with van der Waals surface area (Å²) in [4.78, 5) is 16.6. The van der Waals surface area contributed by atoms with Crippen LogP contribution in [0.5, 0.6) is 11.5 Å². The largest absolute Gasteiger partial charge is 0.490 e. The minimum atomic E-state index is -0.114. The van der Waals surface area contributed by atoms with Gasteiger partial charge in [-0.15, -0.1) is 11.3 Å². The Balaban J connectivity index is 1.74. The molecule has 1 N–H and O–H groups in total. The summed E-state index contributed by atoms with van der Waals surface area (Å²) in [5.41, 5.74) is 2.63. The second kappa shape index (κ2) is 6.13. The number of thiazole rings is 1. The third kappa shape index (κ3) is 3.16. The van der Waals surface area contributed by atoms with Crippen LogP contribution in [0.2, 0.25) is 0 Å². The first-order valence-electron chi connectivity index (χ1n) is 6.83. The molecule has 1 aliphatic rings. The highest BCUT2D eigenvalue weighted by Gasteiger charge is 2.16. The van der Waals surface area contributed by atoms with E-state index < -0.39 is 0 Å². The van der Waals surface area contributed by atoms with Gasteiger partial charge in [-0.05, 0) is 24.6 Å². The van der Waals surface area contributed by atoms with Gasteiger partial charge in [-0.1, -0.05) is 6.07 Å². The van der Waals surface area contributed by atoms with Crippen molar-refractivity contribution < 1.29 is 14.3 Å². The fourth-order valence-electron chi connectivity index (χ4n) is 2.13. The molecular formula is C15H16N2O3S. The van der Waals surface area contributed by atoms with E-state index in [1.807, 2.05) is 25.1 Å². The second-order valence-electron chi connectivity index (χ2n) is 4.82. The van der Waals surface area contributed by atoms with Gasteiger partial charge in [0, 0.05) is 6.42 Å². The highest BCUT2D eigenvalue weighted by atomic mass is 32.1. The maximum absolute atomic E-state index is 12.0. The van der Waals surface area contributed by atoms with Gasteiger partial charge in [0.15, 0.2) is 11.5 Å². The first kappa shape index (κ1) is 13.9. The Kier molecular flexibility index (Phi) is 4.06. The Morgan fingerprint density at radius 3 is 2.90 bits per heavy atom. The fraction of sp³-hybridized carbons (Fsp3) is 0.333. The molecule has 0 saturated heterocycles. The third-order valence-corrected chi connectivity index (χ3v) is 4.05. The van der Waals surface area contributed by atoms with E-state index in [2.05, 4.69) is 10.3 Å². The van der Waals surface area contributed by atoms with Crippen LogP contribution < -0.4 is 14.8 Å². The lowest BCUT2D eigenvalue weighted by atomic mass is 10.1. The normalized spacial score (nSPS) is 15.1. The molecule has 5 nitrogen and oxygen atoms in total. The molecule has 0 radical (unpaired) electrons. The molecule has 21 heavy (non-hydrogen) atoms. The Labute approximate surface area is 126 Å². The van der Waals surface area contributed by atoms with Gasteiger partial charge in [0.1, 0.15) is 4.88 Å². The average molecular weight is 304 g/mol. The van der Waals surface area contributed by atoms with E-state index in [0.717, 1.165) is 23.5 Å². The molecule has 1 aliphatic heterocycles. The van der Waals surface area contributed by atoms with Crippen molar-refractivity contribution in [3.8, 4) is 11.5 Å². The Morgan fingerprint density at radius 1 is 1.33 bits per heavy atom. The molecule has 1 amide bonds. The first-order valence-corrected chi connectivity index (χ1v) is 7.71. The van der Waals surface area contributed by atoms with E-state index in [1.165, 1.54) is 11.3 Å². The van der Waals surface area contributed by atoms with Crippen molar-refractivity contribution in [2.24, 2.45) is 0 Å². The Morgan fingerprint density at radius 2 is 2.14 bits per heavy atom. The molecule has 2 aromatic rings. The van der Waals surface area contributed by atoms with Gasteiger partial charge in [-0.25, -0.2) is 0 Å². The van der Waals surface area contributed by atoms with E-state index in [-0.39, 0.29) is 11.9 Å². The quantitative estimate of drug-likeness (QED) is 0.947. The average Bonchev–Trinajstić information content (AvgIpc) is 2.92. The maximum Gasteiger partial charge on any atom is 0.263 e. The molecule has 1 aromatic heterocycles. The molecule has 0 unspecified atom stereocenters. The van der Waals surface area contributed by atoms with E-state index in [1.54, 1.807) is 11.7 Å². The molecular weight excluding hydrogens is 288 g/mol. The van der Waals surface area contributed by atoms with Crippen LogP contribution in [0.15, 0.2) is 29.9 Å². The number of aromatic nitrogens is 1. The molecule has 0 bridgehead atoms. The summed E-state index contributed by atoms with van der Waals surface area (Å²) in [5, 5.41) is 2.96. The van der Waals surface area contributed by atoms with Crippen LogP contribution in [0.3, 0.4) is 0 Å². The highest BCUT2D eigenvalue weighted by molar-refractivity contribution is 7.11. The van der Waals surface area contributed by atoms with Gasteiger partial charge in [0.05, 0.1) is 31.0 Å². The van der Waals surface area contributed by atoms with Gasteiger partial charge < -0.3 is 14.8 Å². The minimum absolute atomic E-state index is 0.114. The zero-order valence-electron chi connectivity index (χ0n) is 11.7. The number of nitrogens with zero attached hydrogens (tertiary/aromatic N) is 1. The van der Waals surface area contributed by atoms with E-state index in [9.17, 15) is 4.79 Å². The molecule has 6 heteroatoms. The standard InChI is InChI=1S/C15H16N2O3S/c1-10(17-15(18)14-8-16-9-21-14)11-3-4-12-13(7-11)20-6-2-5-19-12/h3-4,7-10H,2,5-6H2,1H3,(H,17,18)/t10-/m1/s1. The van der Waals surface area contributed by atoms with Crippen molar-refractivity contribution in [1.29, 1.82) is 0 Å². The van der Waals surface area contributed by atoms with Crippen molar-refractivity contribution in [2.45, 2.75) is 19.4 Å². The molecule has 0 spiro atoms. The van der Waals surface area contributed by atoms with Crippen LogP contribution >= 0.6 is 11.3 Å². The lowest BCUT2D eigenvalue weighted by molar-refractivity contribution is 0.0943. The summed E-state index contributed by atoms with van der Waals surface area (Å²) in [5.74, 6) is 1.39. The van der Waals surface area contributed by atoms with Gasteiger partial charge in [0.25, 0.3) is 5.91 Å². The summed E-state index contributed by atoms with van der Waals surface area (Å²) in [6, 6.07) is 5.66. The lowest BCUT2D eigenvalue weighted by Gasteiger charge is -2.16. The van der Waals surface area contributed by atoms with Gasteiger partial charge in [0.2, 0.25) is 0 Å². The fourth-order valence-corrected chi connectivity index (χ4v) is 2.65. The summed E-state index contributed by atoms with van der Waals surface area (Å²) in [7, 11) is 0. The zero-order chi connectivity index (χ0) is 14.7. The van der Waals surface area contributed by atoms with Crippen molar-refractivity contribution in [3.05, 3.63) is 40.3 Å². The smallest absolute Gasteiger partial charge is 0.263 e. The van der Waals surface area contributed by atoms with Gasteiger partial charge >= 0.3 is 0 Å². The summed E-state index contributed by atoms with van der Waals surface area (Å²) < 4.78 is 11.3. The molecule has 1 atom stereocenters. The van der Waals surface area contributed by atoms with Crippen LogP contribution in [0.25, 0.3) is 0 Å². The van der Waals surface area contributed by atoms with Crippen LogP contribution in [-0.2, 0) is 0 Å². The molecule has 3 rings (SSSR count). The number of rotatable bonds is 3. The lowest BCUT2D eigenvalue weighted by Crippen LogP contribution is -2.25. The van der Waals surface area contributed by atoms with E-state index in [4.69, 9.17) is 9.47 Å². The third-order valence-electron chi connectivity index (χ3n) is 3.28. The van der Waals surface area contributed by atoms with Crippen molar-refractivity contribution in [2.75, 3.05) is 13.2 Å². The highest BCUT2D eigenvalue weighted by Crippen LogP contribution is 2.32. The number of benzene rings is 1. The SMILES string of the molecule is C[C@@H](NC(=O)c1cncs1)c1ccc2c(c1)OCCCO2. The predicted molar refractivity (Wildman–Crippen MR) is 80.0 cm³/mol. The van der Waals surface area contributed by atoms with Gasteiger partial charge in [-0.3, -0.25) is 9.78 Å². The second-order valence-corrected chi connectivity index (χ2v) is 5.70. The van der Waals surface area contributed by atoms with E-state index >= 15 is 0 Å². The zero-order valence-corrected chi connectivity index (χ0v) is 12.5. The summed E-state index contributed by atoms with van der Waals surface area (Å²) in [6.45, 7) is 3.26. The number of hydrogen-bond acceptors (Lipinski definition) is 5. The van der Waals surface area contributed by atoms with Gasteiger partial charge in [-0.2, -0.15) is 0 Å². The number of fused-ring (bicyclic) bond motifs is 1. The Bertz CT molecular complexity index is 628. The summed E-state index contributed by atoms with van der Waals surface area (Å²) in [6.07, 6.45) is 2.45. The van der Waals surface area contributed by atoms with Crippen LogP contribution in [-0.4, -0.2) is 24.1 Å². The molecule has 110 valence electrons. The molecule has 0 fully saturated rings. The number of carbonyl (C=O) groups excluding carboxylic acids is 1. The minimum Gasteiger partial charge on any atom is -0.490 e. The topological polar surface area (TPSA) is 60.5 Å². The van der Waals surface area contributed by atoms with Crippen LogP contribution in [0, 0.1) is 0 Å². The van der Waals surface area contributed by atoms with Crippen LogP contribution in [0.4, 0.5) is 0 Å². The number of ether oxygens (including phenoxy) is 2. The Hall–Kier alpha value is -2.08. The number of hydrogen-bond donors (Lipinski definition) is 1. The number of nitrogens with one attached hydrogen (secondary N) is 1. The molecule has 1 aromatic carbocycles. The van der Waals surface area contributed by atoms with Crippen molar-refractivity contribution >= 4 is 17.2 Å². The summed E-state index contributed by atoms with van der Waals surface area (Å²) >= 11 is 1.33. The number of amides is 1. The van der Waals surface area contributed by atoms with E-state index in [0.29, 0.717) is 18.1 Å².